The topological polar surface area (TPSA) is 117 Å². The zero-order valence-electron chi connectivity index (χ0n) is 23.0. The van der Waals surface area contributed by atoms with Crippen LogP contribution in [0.2, 0.25) is 5.02 Å². The number of halogens is 5. The van der Waals surface area contributed by atoms with Gasteiger partial charge in [-0.25, -0.2) is 4.98 Å². The minimum atomic E-state index is -4.80. The second kappa shape index (κ2) is 10.6. The number of hydrogen-bond acceptors (Lipinski definition) is 8. The highest BCUT2D eigenvalue weighted by molar-refractivity contribution is 9.12. The van der Waals surface area contributed by atoms with E-state index in [4.69, 9.17) is 16.3 Å². The molecule has 1 aliphatic heterocycles. The Hall–Kier alpha value is -3.97. The largest absolute Gasteiger partial charge is 0.507 e. The molecule has 14 heteroatoms. The molecular weight excluding hydrogens is 671 g/mol. The molecule has 4 atom stereocenters. The number of carbonyl (C=O) groups is 4. The molecule has 0 bridgehead atoms. The second-order valence-corrected chi connectivity index (χ2v) is 12.1. The van der Waals surface area contributed by atoms with Crippen molar-refractivity contribution in [2.24, 2.45) is 17.8 Å². The first-order chi connectivity index (χ1) is 20.7. The number of rotatable bonds is 4. The summed E-state index contributed by atoms with van der Waals surface area (Å²) >= 11 is 9.33. The van der Waals surface area contributed by atoms with Gasteiger partial charge in [0.25, 0.3) is 11.8 Å². The van der Waals surface area contributed by atoms with Gasteiger partial charge < -0.3 is 9.84 Å². The van der Waals surface area contributed by atoms with Gasteiger partial charge >= 0.3 is 6.18 Å². The van der Waals surface area contributed by atoms with Crippen LogP contribution < -0.4 is 9.75 Å². The van der Waals surface area contributed by atoms with Crippen LogP contribution in [0.25, 0.3) is 0 Å². The molecule has 2 aromatic rings. The van der Waals surface area contributed by atoms with Crippen LogP contribution in [0.3, 0.4) is 0 Å². The van der Waals surface area contributed by atoms with Gasteiger partial charge in [0.15, 0.2) is 17.4 Å². The summed E-state index contributed by atoms with van der Waals surface area (Å²) in [5, 5.41) is 12.4. The number of pyridine rings is 1. The SMILES string of the molecule is COc1ccc([C@H]2C3=CC[C@@H]4C(=O)N(N(C)c5nc(C(F)(F)F)ccc5Cl)C(=O)[C@@H]4[C@@H]3CC3=C2C(=O)C=C(Br)C3=O)c(O)c1. The van der Waals surface area contributed by atoms with Crippen molar-refractivity contribution in [3.05, 3.63) is 80.0 Å². The molecule has 0 spiro atoms. The average Bonchev–Trinajstić information content (AvgIpc) is 3.23. The van der Waals surface area contributed by atoms with Gasteiger partial charge in [0.2, 0.25) is 0 Å². The van der Waals surface area contributed by atoms with E-state index in [2.05, 4.69) is 20.9 Å². The number of Topliss-reactive ketones (excluding diaryl/α,β-unsaturated/α-hetero) is 1. The van der Waals surface area contributed by atoms with Crippen molar-refractivity contribution >= 4 is 56.7 Å². The predicted molar refractivity (Wildman–Crippen MR) is 154 cm³/mol. The van der Waals surface area contributed by atoms with Crippen molar-refractivity contribution in [2.45, 2.75) is 24.9 Å². The number of anilines is 1. The average molecular weight is 693 g/mol. The van der Waals surface area contributed by atoms with Crippen molar-refractivity contribution in [3.8, 4) is 11.5 Å². The van der Waals surface area contributed by atoms with Crippen LogP contribution in [0.5, 0.6) is 11.5 Å². The maximum Gasteiger partial charge on any atom is 0.433 e. The van der Waals surface area contributed by atoms with Crippen LogP contribution in [-0.4, -0.2) is 52.6 Å². The second-order valence-electron chi connectivity index (χ2n) is 10.8. The lowest BCUT2D eigenvalue weighted by Gasteiger charge is -2.42. The lowest BCUT2D eigenvalue weighted by Crippen LogP contribution is -2.46. The van der Waals surface area contributed by atoms with Gasteiger partial charge in [-0.1, -0.05) is 29.3 Å². The highest BCUT2D eigenvalue weighted by atomic mass is 79.9. The summed E-state index contributed by atoms with van der Waals surface area (Å²) < 4.78 is 45.5. The molecular formula is C30H22BrClF3N3O6. The lowest BCUT2D eigenvalue weighted by atomic mass is 9.59. The van der Waals surface area contributed by atoms with Gasteiger partial charge in [-0.05, 0) is 52.9 Å². The number of fused-ring (bicyclic) bond motifs is 3. The number of methoxy groups -OCH3 is 1. The summed E-state index contributed by atoms with van der Waals surface area (Å²) in [7, 11) is 2.65. The fraction of sp³-hybridized carbons (Fsp3) is 0.300. The smallest absolute Gasteiger partial charge is 0.433 e. The third-order valence-corrected chi connectivity index (χ3v) is 9.47. The number of ketones is 2. The number of amides is 2. The third kappa shape index (κ3) is 4.55. The number of hydrogen-bond donors (Lipinski definition) is 1. The Morgan fingerprint density at radius 3 is 2.50 bits per heavy atom. The van der Waals surface area contributed by atoms with Crippen molar-refractivity contribution in [1.29, 1.82) is 0 Å². The number of phenols is 1. The first kappa shape index (κ1) is 30.1. The molecule has 1 aromatic carbocycles. The van der Waals surface area contributed by atoms with E-state index in [1.54, 1.807) is 18.2 Å². The summed E-state index contributed by atoms with van der Waals surface area (Å²) in [6.45, 7) is 0. The van der Waals surface area contributed by atoms with E-state index in [-0.39, 0.29) is 39.2 Å². The van der Waals surface area contributed by atoms with Gasteiger partial charge in [0, 0.05) is 41.8 Å². The monoisotopic (exact) mass is 691 g/mol. The number of allylic oxidation sites excluding steroid dienone is 6. The molecule has 1 aromatic heterocycles. The predicted octanol–water partition coefficient (Wildman–Crippen LogP) is 5.28. The Bertz CT molecular complexity index is 1770. The van der Waals surface area contributed by atoms with Crippen LogP contribution in [0.15, 0.2) is 63.7 Å². The number of benzene rings is 1. The molecule has 6 rings (SSSR count). The van der Waals surface area contributed by atoms with E-state index < -0.39 is 64.7 Å². The molecule has 0 radical (unpaired) electrons. The molecule has 44 heavy (non-hydrogen) atoms. The molecule has 2 heterocycles. The lowest BCUT2D eigenvalue weighted by molar-refractivity contribution is -0.141. The van der Waals surface area contributed by atoms with Gasteiger partial charge in [-0.3, -0.25) is 24.2 Å². The zero-order chi connectivity index (χ0) is 31.8. The van der Waals surface area contributed by atoms with E-state index in [9.17, 15) is 37.5 Å². The number of phenolic OH excluding ortho intramolecular Hbond substituents is 1. The number of imide groups is 1. The molecule has 1 fully saturated rings. The third-order valence-electron chi connectivity index (χ3n) is 8.58. The molecule has 2 amide bonds. The maximum absolute atomic E-state index is 14.1. The number of ether oxygens (including phenoxy) is 1. The Kier molecular flexibility index (Phi) is 7.23. The Morgan fingerprint density at radius 2 is 1.84 bits per heavy atom. The van der Waals surface area contributed by atoms with Crippen LogP contribution in [0.4, 0.5) is 19.0 Å². The summed E-state index contributed by atoms with van der Waals surface area (Å²) in [5.41, 5.74) is -0.0329. The Balaban J connectivity index is 1.44. The van der Waals surface area contributed by atoms with Gasteiger partial charge in [0.05, 0.1) is 28.5 Å². The number of hydrazine groups is 1. The Labute approximate surface area is 261 Å². The maximum atomic E-state index is 14.1. The van der Waals surface area contributed by atoms with Crippen LogP contribution in [-0.2, 0) is 25.4 Å². The van der Waals surface area contributed by atoms with Crippen LogP contribution in [0.1, 0.15) is 30.0 Å². The first-order valence-corrected chi connectivity index (χ1v) is 14.5. The van der Waals surface area contributed by atoms with Crippen LogP contribution >= 0.6 is 27.5 Å². The molecule has 0 saturated carbocycles. The fourth-order valence-electron chi connectivity index (χ4n) is 6.65. The normalized spacial score (nSPS) is 24.9. The van der Waals surface area contributed by atoms with Crippen molar-refractivity contribution in [3.63, 3.8) is 0 Å². The fourth-order valence-corrected chi connectivity index (χ4v) is 7.32. The Morgan fingerprint density at radius 1 is 1.11 bits per heavy atom. The first-order valence-electron chi connectivity index (χ1n) is 13.4. The minimum absolute atomic E-state index is 0.0393. The summed E-state index contributed by atoms with van der Waals surface area (Å²) in [6.07, 6.45) is -1.84. The number of aromatic nitrogens is 1. The standard InChI is InChI=1S/C30H22BrClF3N3O6/c1-37(27-19(32)7-8-22(36-27)30(33,34)35)38-28(42)15-6-5-13-16(24(15)29(38)43)10-17-25(21(40)11-18(31)26(17)41)23(13)14-4-3-12(44-2)9-20(14)39/h3-5,7-9,11,15-16,23-24,39H,6,10H2,1-2H3/t15-,16+,23+,24-/m0/s1. The van der Waals surface area contributed by atoms with E-state index in [1.165, 1.54) is 26.3 Å². The molecule has 4 aliphatic rings. The number of carbonyl (C=O) groups excluding carboxylic acids is 4. The molecule has 0 unspecified atom stereocenters. The van der Waals surface area contributed by atoms with Crippen LogP contribution in [0, 0.1) is 17.8 Å². The van der Waals surface area contributed by atoms with E-state index in [0.717, 1.165) is 16.1 Å². The zero-order valence-corrected chi connectivity index (χ0v) is 25.3. The van der Waals surface area contributed by atoms with E-state index >= 15 is 0 Å². The highest BCUT2D eigenvalue weighted by Crippen LogP contribution is 2.56. The number of aromatic hydroxyl groups is 1. The van der Waals surface area contributed by atoms with E-state index in [1.807, 2.05) is 0 Å². The van der Waals surface area contributed by atoms with Crippen molar-refractivity contribution in [1.82, 2.24) is 9.99 Å². The number of nitrogens with zero attached hydrogens (tertiary/aromatic N) is 3. The summed E-state index contributed by atoms with van der Waals surface area (Å²) in [5.74, 6) is -6.10. The minimum Gasteiger partial charge on any atom is -0.507 e. The molecule has 228 valence electrons. The van der Waals surface area contributed by atoms with Gasteiger partial charge in [-0.15, -0.1) is 0 Å². The quantitative estimate of drug-likeness (QED) is 0.262. The van der Waals surface area contributed by atoms with Gasteiger partial charge in [0.1, 0.15) is 17.2 Å². The molecule has 1 saturated heterocycles. The summed E-state index contributed by atoms with van der Waals surface area (Å²) in [4.78, 5) is 58.1. The highest BCUT2D eigenvalue weighted by Gasteiger charge is 2.58. The molecule has 1 N–H and O–H groups in total. The van der Waals surface area contributed by atoms with Crippen molar-refractivity contribution < 1.29 is 42.2 Å². The van der Waals surface area contributed by atoms with E-state index in [0.29, 0.717) is 23.0 Å². The number of alkyl halides is 3. The van der Waals surface area contributed by atoms with Gasteiger partial charge in [-0.2, -0.15) is 18.2 Å². The molecule has 9 nitrogen and oxygen atoms in total. The van der Waals surface area contributed by atoms with Crippen molar-refractivity contribution in [2.75, 3.05) is 19.2 Å². The molecule has 3 aliphatic carbocycles. The summed E-state index contributed by atoms with van der Waals surface area (Å²) in [6, 6.07) is 6.23.